The predicted octanol–water partition coefficient (Wildman–Crippen LogP) is 16.6. The molecule has 4 heterocycles. The summed E-state index contributed by atoms with van der Waals surface area (Å²) in [4.78, 5) is 16.1. The van der Waals surface area contributed by atoms with Gasteiger partial charge < -0.3 is 4.57 Å². The van der Waals surface area contributed by atoms with Crippen LogP contribution in [-0.2, 0) is 0 Å². The fourth-order valence-electron chi connectivity index (χ4n) is 9.52. The summed E-state index contributed by atoms with van der Waals surface area (Å²) in [5.74, 6) is 0.677. The van der Waals surface area contributed by atoms with Crippen LogP contribution in [0.1, 0.15) is 0 Å². The Morgan fingerprint density at radius 2 is 0.892 bits per heavy atom. The smallest absolute Gasteiger partial charge is 0.160 e. The van der Waals surface area contributed by atoms with E-state index in [0.29, 0.717) is 5.82 Å². The van der Waals surface area contributed by atoms with Gasteiger partial charge in [0.1, 0.15) is 5.01 Å². The van der Waals surface area contributed by atoms with Crippen LogP contribution in [0.2, 0.25) is 0 Å². The van der Waals surface area contributed by atoms with Crippen LogP contribution in [0.4, 0.5) is 0 Å². The molecule has 0 atom stereocenters. The molecular weight excluding hydrogens is 829 g/mol. The zero-order valence-electron chi connectivity index (χ0n) is 34.9. The van der Waals surface area contributed by atoms with Crippen LogP contribution in [0.3, 0.4) is 0 Å². The number of thiazole rings is 1. The number of hydrogen-bond acceptors (Lipinski definition) is 5. The van der Waals surface area contributed by atoms with Crippen molar-refractivity contribution in [3.63, 3.8) is 0 Å². The molecule has 304 valence electrons. The Kier molecular flexibility index (Phi) is 8.86. The highest BCUT2D eigenvalue weighted by molar-refractivity contribution is 7.26. The maximum absolute atomic E-state index is 5.50. The molecule has 13 rings (SSSR count). The van der Waals surface area contributed by atoms with E-state index in [1.807, 2.05) is 17.4 Å². The van der Waals surface area contributed by atoms with Gasteiger partial charge in [-0.25, -0.2) is 15.0 Å². The number of hydrogen-bond donors (Lipinski definition) is 0. The Morgan fingerprint density at radius 3 is 1.69 bits per heavy atom. The first-order valence-corrected chi connectivity index (χ1v) is 23.4. The molecule has 13 aromatic rings. The Bertz CT molecular complexity index is 3960. The molecule has 4 aromatic heterocycles. The molecule has 0 saturated carbocycles. The highest BCUT2D eigenvalue weighted by Gasteiger charge is 2.21. The van der Waals surface area contributed by atoms with Crippen LogP contribution >= 0.6 is 22.7 Å². The van der Waals surface area contributed by atoms with Crippen LogP contribution in [0.25, 0.3) is 125 Å². The normalized spacial score (nSPS) is 11.7. The van der Waals surface area contributed by atoms with Crippen molar-refractivity contribution >= 4 is 74.9 Å². The molecule has 0 radical (unpaired) electrons. The molecule has 0 aliphatic rings. The minimum atomic E-state index is 0.677. The second-order valence-electron chi connectivity index (χ2n) is 16.3. The molecule has 0 aliphatic carbocycles. The molecule has 9 aromatic carbocycles. The second kappa shape index (κ2) is 15.3. The Morgan fingerprint density at radius 1 is 0.338 bits per heavy atom. The van der Waals surface area contributed by atoms with Crippen molar-refractivity contribution in [1.29, 1.82) is 0 Å². The number of benzene rings is 9. The monoisotopic (exact) mass is 864 g/mol. The van der Waals surface area contributed by atoms with Crippen LogP contribution < -0.4 is 0 Å². The van der Waals surface area contributed by atoms with E-state index in [2.05, 4.69) is 217 Å². The van der Waals surface area contributed by atoms with Gasteiger partial charge in [0.25, 0.3) is 0 Å². The van der Waals surface area contributed by atoms with Crippen molar-refractivity contribution in [3.8, 4) is 72.4 Å². The third-order valence-electron chi connectivity index (χ3n) is 12.5. The minimum absolute atomic E-state index is 0.677. The first-order chi connectivity index (χ1) is 32.2. The van der Waals surface area contributed by atoms with E-state index in [0.717, 1.165) is 83.1 Å². The molecule has 0 saturated heterocycles. The van der Waals surface area contributed by atoms with Crippen molar-refractivity contribution in [2.24, 2.45) is 0 Å². The van der Waals surface area contributed by atoms with Gasteiger partial charge in [-0.2, -0.15) is 0 Å². The lowest BCUT2D eigenvalue weighted by Gasteiger charge is -2.13. The van der Waals surface area contributed by atoms with Crippen molar-refractivity contribution < 1.29 is 0 Å². The van der Waals surface area contributed by atoms with E-state index in [1.165, 1.54) is 35.6 Å². The van der Waals surface area contributed by atoms with Crippen LogP contribution in [-0.4, -0.2) is 19.5 Å². The van der Waals surface area contributed by atoms with Gasteiger partial charge in [-0.3, -0.25) is 0 Å². The lowest BCUT2D eigenvalue weighted by Crippen LogP contribution is -1.97. The molecule has 0 amide bonds. The highest BCUT2D eigenvalue weighted by Crippen LogP contribution is 2.43. The highest BCUT2D eigenvalue weighted by atomic mass is 32.1. The minimum Gasteiger partial charge on any atom is -0.309 e. The second-order valence-corrected chi connectivity index (χ2v) is 18.4. The van der Waals surface area contributed by atoms with Gasteiger partial charge in [-0.05, 0) is 77.4 Å². The zero-order valence-corrected chi connectivity index (χ0v) is 36.5. The van der Waals surface area contributed by atoms with Crippen LogP contribution in [0, 0.1) is 0 Å². The van der Waals surface area contributed by atoms with Gasteiger partial charge in [0.05, 0.1) is 32.6 Å². The Labute approximate surface area is 383 Å². The van der Waals surface area contributed by atoms with Gasteiger partial charge in [-0.1, -0.05) is 158 Å². The Hall–Kier alpha value is -8.03. The molecule has 0 fully saturated rings. The van der Waals surface area contributed by atoms with E-state index in [4.69, 9.17) is 15.0 Å². The third kappa shape index (κ3) is 6.37. The average Bonchev–Trinajstić information content (AvgIpc) is 4.09. The van der Waals surface area contributed by atoms with E-state index < -0.39 is 0 Å². The summed E-state index contributed by atoms with van der Waals surface area (Å²) in [5.41, 5.74) is 14.9. The topological polar surface area (TPSA) is 43.6 Å². The first kappa shape index (κ1) is 37.5. The molecule has 4 nitrogen and oxygen atoms in total. The fraction of sp³-hybridized carbons (Fsp3) is 0. The quantitative estimate of drug-likeness (QED) is 0.160. The van der Waals surface area contributed by atoms with Crippen molar-refractivity contribution in [1.82, 2.24) is 19.5 Å². The van der Waals surface area contributed by atoms with E-state index in [1.54, 1.807) is 11.3 Å². The summed E-state index contributed by atoms with van der Waals surface area (Å²) < 4.78 is 6.04. The summed E-state index contributed by atoms with van der Waals surface area (Å²) in [5, 5.41) is 5.84. The number of aromatic nitrogens is 4. The van der Waals surface area contributed by atoms with E-state index in [-0.39, 0.29) is 0 Å². The molecular formula is C59H36N4S2. The van der Waals surface area contributed by atoms with Crippen LogP contribution in [0.15, 0.2) is 218 Å². The van der Waals surface area contributed by atoms with Crippen molar-refractivity contribution in [2.45, 2.75) is 0 Å². The molecule has 0 N–H and O–H groups in total. The first-order valence-electron chi connectivity index (χ1n) is 21.8. The number of nitrogens with zero attached hydrogens (tertiary/aromatic N) is 4. The molecule has 65 heavy (non-hydrogen) atoms. The SMILES string of the molecule is c1ccc(-c2nc3c(-c4cccc(-c5cccc(-c6nc(-c7cccc8sc9ccccc9c78)cc(-c7cccc8c7c7ccccc7n8-c7ccccc7)n6)c5)c4)cccc3s2)cc1. The summed E-state index contributed by atoms with van der Waals surface area (Å²) in [7, 11) is 0. The zero-order chi connectivity index (χ0) is 42.8. The third-order valence-corrected chi connectivity index (χ3v) is 14.7. The molecule has 0 spiro atoms. The number of rotatable bonds is 7. The van der Waals surface area contributed by atoms with E-state index in [9.17, 15) is 0 Å². The molecule has 0 bridgehead atoms. The van der Waals surface area contributed by atoms with Gasteiger partial charge in [0.2, 0.25) is 0 Å². The van der Waals surface area contributed by atoms with Crippen LogP contribution in [0.5, 0.6) is 0 Å². The molecule has 0 aliphatic heterocycles. The van der Waals surface area contributed by atoms with Crippen molar-refractivity contribution in [3.05, 3.63) is 218 Å². The fourth-order valence-corrected chi connectivity index (χ4v) is 11.6. The predicted molar refractivity (Wildman–Crippen MR) is 275 cm³/mol. The molecule has 0 unspecified atom stereocenters. The van der Waals surface area contributed by atoms with E-state index >= 15 is 0 Å². The Balaban J connectivity index is 0.990. The standard InChI is InChI=1S/C59H36N4S2/c1-3-16-37(17-4-1)59-62-57-43(26-14-33-54(57)65-59)40-20-11-18-38(34-40)39-19-12-21-41(35-39)58-60-48(36-49(61-58)45-28-15-32-53-56(45)47-25-8-10-31-52(47)64-53)44-27-13-30-51-55(44)46-24-7-9-29-50(46)63(51)42-22-5-2-6-23-42/h1-36H. The largest absolute Gasteiger partial charge is 0.309 e. The average molecular weight is 865 g/mol. The maximum Gasteiger partial charge on any atom is 0.160 e. The van der Waals surface area contributed by atoms with Gasteiger partial charge in [-0.15, -0.1) is 22.7 Å². The number of fused-ring (bicyclic) bond motifs is 7. The lowest BCUT2D eigenvalue weighted by molar-refractivity contribution is 1.18. The summed E-state index contributed by atoms with van der Waals surface area (Å²) in [6.07, 6.45) is 0. The maximum atomic E-state index is 5.50. The summed E-state index contributed by atoms with van der Waals surface area (Å²) in [6.45, 7) is 0. The van der Waals surface area contributed by atoms with Crippen molar-refractivity contribution in [2.75, 3.05) is 0 Å². The van der Waals surface area contributed by atoms with Gasteiger partial charge in [0.15, 0.2) is 5.82 Å². The lowest BCUT2D eigenvalue weighted by atomic mass is 9.97. The number of para-hydroxylation sites is 3. The number of thiophene rings is 1. The van der Waals surface area contributed by atoms with Gasteiger partial charge in [0, 0.05) is 64.4 Å². The summed E-state index contributed by atoms with van der Waals surface area (Å²) >= 11 is 3.56. The van der Waals surface area contributed by atoms with Gasteiger partial charge >= 0.3 is 0 Å². The molecule has 6 heteroatoms. The summed E-state index contributed by atoms with van der Waals surface area (Å²) in [6, 6.07) is 77.8.